The van der Waals surface area contributed by atoms with Gasteiger partial charge in [-0.25, -0.2) is 0 Å². The first kappa shape index (κ1) is 23.4. The zero-order valence-electron chi connectivity index (χ0n) is 15.5. The van der Waals surface area contributed by atoms with Gasteiger partial charge in [0.25, 0.3) is 0 Å². The Labute approximate surface area is 168 Å². The molecule has 0 spiro atoms. The molecule has 0 aromatic heterocycles. The number of hydrogen-bond acceptors (Lipinski definition) is 5. The van der Waals surface area contributed by atoms with E-state index in [0.717, 1.165) is 45.6 Å². The van der Waals surface area contributed by atoms with Crippen molar-refractivity contribution in [2.24, 2.45) is 5.92 Å². The summed E-state index contributed by atoms with van der Waals surface area (Å²) in [4.78, 5) is 31.0. The van der Waals surface area contributed by atoms with E-state index < -0.39 is 0 Å². The first-order valence-electron chi connectivity index (χ1n) is 9.23. The van der Waals surface area contributed by atoms with E-state index in [9.17, 15) is 9.59 Å². The molecule has 0 aromatic rings. The number of carbonyl (C=O) groups excluding carboxylic acids is 2. The SMILES string of the molecule is C[C@H]1C[C@@H](C(=O)N2CCN(CC(=O)N3CCOCC3)CC2)CCN1.Cl.Cl. The number of piperazine rings is 1. The number of halogens is 2. The van der Waals surface area contributed by atoms with Crippen LogP contribution < -0.4 is 5.32 Å². The van der Waals surface area contributed by atoms with Crippen LogP contribution in [0.1, 0.15) is 19.8 Å². The van der Waals surface area contributed by atoms with Gasteiger partial charge in [0.15, 0.2) is 0 Å². The third kappa shape index (κ3) is 6.23. The van der Waals surface area contributed by atoms with E-state index in [4.69, 9.17) is 4.74 Å². The highest BCUT2D eigenvalue weighted by molar-refractivity contribution is 5.85. The molecule has 3 aliphatic rings. The highest BCUT2D eigenvalue weighted by Crippen LogP contribution is 2.19. The van der Waals surface area contributed by atoms with Gasteiger partial charge in [0.05, 0.1) is 19.8 Å². The van der Waals surface area contributed by atoms with Crippen molar-refractivity contribution in [3.63, 3.8) is 0 Å². The van der Waals surface area contributed by atoms with Gasteiger partial charge in [-0.15, -0.1) is 24.8 Å². The predicted octanol–water partition coefficient (Wildman–Crippen LogP) is 0.221. The Morgan fingerprint density at radius 3 is 2.27 bits per heavy atom. The summed E-state index contributed by atoms with van der Waals surface area (Å²) in [6, 6.07) is 0.431. The van der Waals surface area contributed by atoms with Gasteiger partial charge >= 0.3 is 0 Å². The molecule has 3 saturated heterocycles. The number of ether oxygens (including phenoxy) is 1. The summed E-state index contributed by atoms with van der Waals surface area (Å²) in [5.74, 6) is 0.663. The highest BCUT2D eigenvalue weighted by atomic mass is 35.5. The fourth-order valence-corrected chi connectivity index (χ4v) is 3.84. The van der Waals surface area contributed by atoms with E-state index in [1.54, 1.807) is 0 Å². The van der Waals surface area contributed by atoms with Crippen LogP contribution in [-0.4, -0.2) is 98.1 Å². The molecule has 26 heavy (non-hydrogen) atoms. The van der Waals surface area contributed by atoms with Crippen molar-refractivity contribution >= 4 is 36.6 Å². The number of amides is 2. The van der Waals surface area contributed by atoms with E-state index in [1.165, 1.54) is 0 Å². The molecule has 0 saturated carbocycles. The van der Waals surface area contributed by atoms with E-state index in [-0.39, 0.29) is 36.6 Å². The number of piperidine rings is 1. The molecule has 3 rings (SSSR count). The van der Waals surface area contributed by atoms with E-state index >= 15 is 0 Å². The summed E-state index contributed by atoms with van der Waals surface area (Å²) in [5.41, 5.74) is 0. The van der Waals surface area contributed by atoms with Crippen molar-refractivity contribution < 1.29 is 14.3 Å². The van der Waals surface area contributed by atoms with E-state index in [0.29, 0.717) is 44.8 Å². The maximum Gasteiger partial charge on any atom is 0.236 e. The fourth-order valence-electron chi connectivity index (χ4n) is 3.84. The molecule has 0 radical (unpaired) electrons. The molecule has 3 heterocycles. The number of carbonyl (C=O) groups is 2. The molecule has 3 fully saturated rings. The first-order valence-corrected chi connectivity index (χ1v) is 9.23. The van der Waals surface area contributed by atoms with E-state index in [2.05, 4.69) is 17.1 Å². The second-order valence-electron chi connectivity index (χ2n) is 7.17. The number of nitrogens with zero attached hydrogens (tertiary/aromatic N) is 3. The largest absolute Gasteiger partial charge is 0.378 e. The van der Waals surface area contributed by atoms with Crippen molar-refractivity contribution in [1.29, 1.82) is 0 Å². The normalized spacial score (nSPS) is 27.3. The Kier molecular flexibility index (Phi) is 10.2. The van der Waals surface area contributed by atoms with Gasteiger partial charge in [-0.05, 0) is 26.3 Å². The van der Waals surface area contributed by atoms with Gasteiger partial charge in [-0.1, -0.05) is 0 Å². The summed E-state index contributed by atoms with van der Waals surface area (Å²) in [6.07, 6.45) is 1.88. The van der Waals surface area contributed by atoms with Crippen LogP contribution in [0.2, 0.25) is 0 Å². The molecule has 2 amide bonds. The Morgan fingerprint density at radius 2 is 1.65 bits per heavy atom. The molecule has 0 bridgehead atoms. The van der Waals surface area contributed by atoms with Crippen molar-refractivity contribution in [2.45, 2.75) is 25.8 Å². The molecule has 9 heteroatoms. The van der Waals surface area contributed by atoms with Crippen LogP contribution in [0.3, 0.4) is 0 Å². The predicted molar refractivity (Wildman–Crippen MR) is 105 cm³/mol. The van der Waals surface area contributed by atoms with Crippen LogP contribution in [0.5, 0.6) is 0 Å². The lowest BCUT2D eigenvalue weighted by atomic mass is 9.92. The third-order valence-electron chi connectivity index (χ3n) is 5.38. The number of nitrogens with one attached hydrogen (secondary N) is 1. The molecule has 2 atom stereocenters. The minimum Gasteiger partial charge on any atom is -0.378 e. The average molecular weight is 411 g/mol. The lowest BCUT2D eigenvalue weighted by molar-refractivity contribution is -0.140. The lowest BCUT2D eigenvalue weighted by Gasteiger charge is -2.38. The molecule has 3 aliphatic heterocycles. The van der Waals surface area contributed by atoms with Crippen LogP contribution >= 0.6 is 24.8 Å². The summed E-state index contributed by atoms with van der Waals surface area (Å²) in [5, 5.41) is 3.40. The maximum atomic E-state index is 12.7. The van der Waals surface area contributed by atoms with Crippen LogP contribution in [0.15, 0.2) is 0 Å². The monoisotopic (exact) mass is 410 g/mol. The molecular formula is C17H32Cl2N4O3. The van der Waals surface area contributed by atoms with Gasteiger partial charge < -0.3 is 19.9 Å². The number of rotatable bonds is 3. The van der Waals surface area contributed by atoms with Crippen LogP contribution in [0.4, 0.5) is 0 Å². The third-order valence-corrected chi connectivity index (χ3v) is 5.38. The van der Waals surface area contributed by atoms with E-state index in [1.807, 2.05) is 9.80 Å². The zero-order chi connectivity index (χ0) is 16.9. The van der Waals surface area contributed by atoms with Gasteiger partial charge in [0.1, 0.15) is 0 Å². The molecule has 0 unspecified atom stereocenters. The Morgan fingerprint density at radius 1 is 1.00 bits per heavy atom. The standard InChI is InChI=1S/C17H30N4O3.2ClH/c1-14-12-15(2-3-18-14)17(23)21-6-4-19(5-7-21)13-16(22)20-8-10-24-11-9-20;;/h14-15,18H,2-13H2,1H3;2*1H/t14-,15-;;/m0../s1. The fraction of sp³-hybridized carbons (Fsp3) is 0.882. The van der Waals surface area contributed by atoms with Crippen molar-refractivity contribution in [2.75, 3.05) is 65.6 Å². The van der Waals surface area contributed by atoms with Gasteiger partial charge in [-0.2, -0.15) is 0 Å². The second-order valence-corrected chi connectivity index (χ2v) is 7.17. The highest BCUT2D eigenvalue weighted by Gasteiger charge is 2.31. The second kappa shape index (κ2) is 11.3. The molecule has 152 valence electrons. The number of hydrogen-bond donors (Lipinski definition) is 1. The summed E-state index contributed by atoms with van der Waals surface area (Å²) in [7, 11) is 0. The Bertz CT molecular complexity index is 455. The Hall–Kier alpha value is -0.600. The van der Waals surface area contributed by atoms with Crippen molar-refractivity contribution in [3.8, 4) is 0 Å². The molecule has 7 nitrogen and oxygen atoms in total. The summed E-state index contributed by atoms with van der Waals surface area (Å²) < 4.78 is 5.29. The number of morpholine rings is 1. The van der Waals surface area contributed by atoms with Crippen molar-refractivity contribution in [3.05, 3.63) is 0 Å². The molecule has 0 aliphatic carbocycles. The van der Waals surface area contributed by atoms with Crippen LogP contribution in [0, 0.1) is 5.92 Å². The minimum atomic E-state index is 0. The van der Waals surface area contributed by atoms with Crippen LogP contribution in [0.25, 0.3) is 0 Å². The van der Waals surface area contributed by atoms with Crippen molar-refractivity contribution in [1.82, 2.24) is 20.0 Å². The lowest BCUT2D eigenvalue weighted by Crippen LogP contribution is -2.54. The molecule has 0 aromatic carbocycles. The maximum absolute atomic E-state index is 12.7. The average Bonchev–Trinajstić information content (AvgIpc) is 2.62. The summed E-state index contributed by atoms with van der Waals surface area (Å²) >= 11 is 0. The molecule has 1 N–H and O–H groups in total. The quantitative estimate of drug-likeness (QED) is 0.720. The summed E-state index contributed by atoms with van der Waals surface area (Å²) in [6.45, 7) is 9.31. The topological polar surface area (TPSA) is 65.1 Å². The minimum absolute atomic E-state index is 0. The van der Waals surface area contributed by atoms with Crippen LogP contribution in [-0.2, 0) is 14.3 Å². The van der Waals surface area contributed by atoms with Gasteiger partial charge in [-0.3, -0.25) is 14.5 Å². The van der Waals surface area contributed by atoms with Gasteiger partial charge in [0, 0.05) is 51.2 Å². The van der Waals surface area contributed by atoms with Gasteiger partial charge in [0.2, 0.25) is 11.8 Å². The smallest absolute Gasteiger partial charge is 0.236 e. The first-order chi connectivity index (χ1) is 11.6. The zero-order valence-corrected chi connectivity index (χ0v) is 17.2. The Balaban J connectivity index is 0.00000169. The molecular weight excluding hydrogens is 379 g/mol.